The molecule has 0 radical (unpaired) electrons. The number of hydrogen-bond acceptors (Lipinski definition) is 11. The van der Waals surface area contributed by atoms with Crippen molar-refractivity contribution in [3.63, 3.8) is 0 Å². The van der Waals surface area contributed by atoms with Crippen molar-refractivity contribution in [1.29, 1.82) is 0 Å². The summed E-state index contributed by atoms with van der Waals surface area (Å²) in [6.07, 6.45) is 0.857. The van der Waals surface area contributed by atoms with E-state index in [1.165, 1.54) is 30.9 Å². The minimum Gasteiger partial charge on any atom is -0.388 e. The van der Waals surface area contributed by atoms with Crippen molar-refractivity contribution in [2.24, 2.45) is 5.92 Å². The Morgan fingerprint density at radius 2 is 1.53 bits per heavy atom. The largest absolute Gasteiger partial charge is 0.501 e. The summed E-state index contributed by atoms with van der Waals surface area (Å²) < 4.78 is 97.0. The molecule has 1 heterocycles. The number of nitrogens with one attached hydrogen (secondary N) is 4. The van der Waals surface area contributed by atoms with E-state index in [1.807, 2.05) is 59.3 Å². The number of anilines is 2. The van der Waals surface area contributed by atoms with Crippen LogP contribution in [0.2, 0.25) is 5.02 Å². The maximum Gasteiger partial charge on any atom is 0.501 e. The van der Waals surface area contributed by atoms with Gasteiger partial charge in [0.1, 0.15) is 4.90 Å². The van der Waals surface area contributed by atoms with Crippen LogP contribution in [-0.2, 0) is 24.7 Å². The van der Waals surface area contributed by atoms with E-state index in [2.05, 4.69) is 20.9 Å². The SMILES string of the molecule is CNC(=O)CNCC[C@H](CSc1ccccc1)Nc1ccc(S(=O)(=O)NC(=O)c2ccc(N3CCC([C@@H](O)c4ccccc4-c4ccc(Cl)cc4)CC3)cc2)cc1S(=O)(=O)C(F)(F)F. The van der Waals surface area contributed by atoms with Gasteiger partial charge in [0.25, 0.3) is 25.8 Å². The Kier molecular flexibility index (Phi) is 16.1. The molecule has 64 heavy (non-hydrogen) atoms. The molecule has 19 heteroatoms. The summed E-state index contributed by atoms with van der Waals surface area (Å²) in [4.78, 5) is 25.7. The topological polar surface area (TPSA) is 174 Å². The number of aliphatic hydroxyl groups is 1. The van der Waals surface area contributed by atoms with Crippen molar-refractivity contribution < 1.29 is 44.7 Å². The fourth-order valence-electron chi connectivity index (χ4n) is 7.27. The second-order valence-corrected chi connectivity index (χ2v) is 20.2. The molecule has 0 aromatic heterocycles. The highest BCUT2D eigenvalue weighted by Crippen LogP contribution is 2.39. The lowest BCUT2D eigenvalue weighted by Crippen LogP contribution is -2.36. The molecule has 6 rings (SSSR count). The number of aliphatic hydroxyl groups excluding tert-OH is 1. The molecule has 5 N–H and O–H groups in total. The first-order valence-corrected chi connectivity index (χ1v) is 24.6. The molecule has 5 aromatic rings. The highest BCUT2D eigenvalue weighted by atomic mass is 35.5. The van der Waals surface area contributed by atoms with Gasteiger partial charge in [0.2, 0.25) is 5.91 Å². The average Bonchev–Trinajstić information content (AvgIpc) is 3.29. The maximum absolute atomic E-state index is 14.1. The van der Waals surface area contributed by atoms with Crippen molar-refractivity contribution in [1.82, 2.24) is 15.4 Å². The van der Waals surface area contributed by atoms with E-state index in [4.69, 9.17) is 11.6 Å². The zero-order valence-electron chi connectivity index (χ0n) is 34.5. The van der Waals surface area contributed by atoms with Gasteiger partial charge in [-0.3, -0.25) is 9.59 Å². The summed E-state index contributed by atoms with van der Waals surface area (Å²) in [6, 6.07) is 31.9. The van der Waals surface area contributed by atoms with Crippen molar-refractivity contribution >= 4 is 66.4 Å². The second kappa shape index (κ2) is 21.3. The number of thioether (sulfide) groups is 1. The molecule has 0 spiro atoms. The van der Waals surface area contributed by atoms with Gasteiger partial charge in [0, 0.05) is 53.1 Å². The maximum atomic E-state index is 14.1. The highest BCUT2D eigenvalue weighted by molar-refractivity contribution is 7.99. The van der Waals surface area contributed by atoms with Crippen LogP contribution in [-0.4, -0.2) is 84.3 Å². The Labute approximate surface area is 380 Å². The van der Waals surface area contributed by atoms with Crippen LogP contribution in [0.5, 0.6) is 0 Å². The Morgan fingerprint density at radius 1 is 0.875 bits per heavy atom. The molecule has 1 aliphatic rings. The van der Waals surface area contributed by atoms with Crippen molar-refractivity contribution in [3.05, 3.63) is 137 Å². The number of sulfonamides is 1. The molecule has 1 aliphatic heterocycles. The third kappa shape index (κ3) is 12.2. The number of amides is 2. The zero-order chi connectivity index (χ0) is 46.1. The number of carbonyl (C=O) groups excluding carboxylic acids is 2. The number of rotatable bonds is 18. The van der Waals surface area contributed by atoms with E-state index in [0.29, 0.717) is 37.0 Å². The molecular formula is C45H47ClF3N5O7S3. The van der Waals surface area contributed by atoms with Crippen LogP contribution in [0.15, 0.2) is 136 Å². The number of alkyl halides is 3. The lowest BCUT2D eigenvalue weighted by Gasteiger charge is -2.36. The van der Waals surface area contributed by atoms with Gasteiger partial charge in [-0.2, -0.15) is 13.2 Å². The van der Waals surface area contributed by atoms with Crippen molar-refractivity contribution in [2.75, 3.05) is 49.2 Å². The van der Waals surface area contributed by atoms with Crippen LogP contribution in [0.4, 0.5) is 24.5 Å². The minimum atomic E-state index is -6.11. The summed E-state index contributed by atoms with van der Waals surface area (Å²) in [5, 5.41) is 20.4. The average molecular weight is 959 g/mol. The third-order valence-corrected chi connectivity index (χ3v) is 15.1. The van der Waals surface area contributed by atoms with Gasteiger partial charge in [-0.15, -0.1) is 11.8 Å². The number of hydrogen-bond donors (Lipinski definition) is 5. The van der Waals surface area contributed by atoms with E-state index in [-0.39, 0.29) is 42.7 Å². The normalized spacial score (nSPS) is 14.7. The summed E-state index contributed by atoms with van der Waals surface area (Å²) in [5.41, 5.74) is -2.92. The number of halogens is 4. The van der Waals surface area contributed by atoms with Gasteiger partial charge < -0.3 is 26.0 Å². The van der Waals surface area contributed by atoms with Crippen molar-refractivity contribution in [3.8, 4) is 11.1 Å². The molecule has 0 saturated carbocycles. The van der Waals surface area contributed by atoms with Gasteiger partial charge in [-0.25, -0.2) is 21.6 Å². The lowest BCUT2D eigenvalue weighted by atomic mass is 9.84. The van der Waals surface area contributed by atoms with E-state index < -0.39 is 58.9 Å². The van der Waals surface area contributed by atoms with E-state index in [0.717, 1.165) is 39.4 Å². The van der Waals surface area contributed by atoms with E-state index in [1.54, 1.807) is 36.4 Å². The molecular weight excluding hydrogens is 911 g/mol. The number of likely N-dealkylation sites (N-methyl/N-ethyl adjacent to an activating group) is 1. The summed E-state index contributed by atoms with van der Waals surface area (Å²) in [7, 11) is -9.55. The number of carbonyl (C=O) groups is 2. The van der Waals surface area contributed by atoms with Crippen LogP contribution in [0, 0.1) is 5.92 Å². The first-order valence-electron chi connectivity index (χ1n) is 20.2. The number of nitrogens with zero attached hydrogens (tertiary/aromatic N) is 1. The van der Waals surface area contributed by atoms with Gasteiger partial charge in [-0.05, 0) is 115 Å². The van der Waals surface area contributed by atoms with Crippen LogP contribution in [0.3, 0.4) is 0 Å². The van der Waals surface area contributed by atoms with Gasteiger partial charge in [-0.1, -0.05) is 66.2 Å². The molecule has 5 aromatic carbocycles. The molecule has 12 nitrogen and oxygen atoms in total. The quantitative estimate of drug-likeness (QED) is 0.0431. The Balaban J connectivity index is 1.13. The molecule has 1 fully saturated rings. The minimum absolute atomic E-state index is 0.0276. The predicted molar refractivity (Wildman–Crippen MR) is 244 cm³/mol. The monoisotopic (exact) mass is 957 g/mol. The Morgan fingerprint density at radius 3 is 2.19 bits per heavy atom. The summed E-state index contributed by atoms with van der Waals surface area (Å²) in [5.74, 6) is -1.15. The summed E-state index contributed by atoms with van der Waals surface area (Å²) >= 11 is 7.45. The van der Waals surface area contributed by atoms with Crippen molar-refractivity contribution in [2.45, 2.75) is 51.6 Å². The molecule has 0 aliphatic carbocycles. The fraction of sp³-hybridized carbons (Fsp3) is 0.289. The van der Waals surface area contributed by atoms with Crippen LogP contribution in [0.1, 0.15) is 41.3 Å². The number of sulfone groups is 1. The molecule has 1 saturated heterocycles. The predicted octanol–water partition coefficient (Wildman–Crippen LogP) is 7.67. The molecule has 0 bridgehead atoms. The van der Waals surface area contributed by atoms with Crippen LogP contribution >= 0.6 is 23.4 Å². The first-order chi connectivity index (χ1) is 30.5. The number of piperidine rings is 1. The van der Waals surface area contributed by atoms with Gasteiger partial charge in [0.05, 0.1) is 23.2 Å². The standard InChI is InChI=1S/C45H47ClF3N5O7S3/c1-50-42(55)28-51-24-21-34(29-62-36-7-3-2-4-8-36)52-40-20-19-37(27-41(40)63(58,59)45(47,48)49)64(60,61)53-44(57)32-13-17-35(18-14-32)54-25-22-31(23-26-54)43(56)39-10-6-5-9-38(39)30-11-15-33(46)16-12-30/h2-20,27,31,34,43,51-52,56H,21-26,28-29H2,1H3,(H,50,55)(H,53,57)/t34-,43-/m1/s1. The molecule has 2 atom stereocenters. The second-order valence-electron chi connectivity index (χ2n) is 15.1. The van der Waals surface area contributed by atoms with Crippen LogP contribution in [0.25, 0.3) is 11.1 Å². The van der Waals surface area contributed by atoms with Gasteiger partial charge >= 0.3 is 5.51 Å². The summed E-state index contributed by atoms with van der Waals surface area (Å²) in [6.45, 7) is 1.39. The highest BCUT2D eigenvalue weighted by Gasteiger charge is 2.48. The fourth-order valence-corrected chi connectivity index (χ4v) is 10.4. The van der Waals surface area contributed by atoms with E-state index in [9.17, 15) is 44.7 Å². The molecule has 2 amide bonds. The molecule has 340 valence electrons. The first kappa shape index (κ1) is 48.3. The smallest absolute Gasteiger partial charge is 0.388 e. The Hall–Kier alpha value is -5.11. The third-order valence-electron chi connectivity index (χ3n) is 10.8. The van der Waals surface area contributed by atoms with E-state index >= 15 is 0 Å². The zero-order valence-corrected chi connectivity index (χ0v) is 37.7. The molecule has 0 unspecified atom stereocenters. The number of benzene rings is 5. The lowest BCUT2D eigenvalue weighted by molar-refractivity contribution is -0.119. The van der Waals surface area contributed by atoms with Gasteiger partial charge in [0.15, 0.2) is 0 Å². The Bertz CT molecular complexity index is 2620. The van der Waals surface area contributed by atoms with Crippen LogP contribution < -0.4 is 25.6 Å².